The van der Waals surface area contributed by atoms with E-state index in [-0.39, 0.29) is 12.0 Å². The van der Waals surface area contributed by atoms with Crippen molar-refractivity contribution < 1.29 is 22.6 Å². The van der Waals surface area contributed by atoms with Crippen molar-refractivity contribution in [3.8, 4) is 16.9 Å². The molecule has 1 fully saturated rings. The first-order valence-corrected chi connectivity index (χ1v) is 17.5. The molecule has 51 heavy (non-hydrogen) atoms. The molecule has 1 aliphatic carbocycles. The summed E-state index contributed by atoms with van der Waals surface area (Å²) in [6.45, 7) is 5.20. The molecule has 0 N–H and O–H groups in total. The van der Waals surface area contributed by atoms with Gasteiger partial charge in [0.15, 0.2) is 5.60 Å². The summed E-state index contributed by atoms with van der Waals surface area (Å²) in [6.07, 6.45) is 0.00774. The van der Waals surface area contributed by atoms with Crippen LogP contribution in [0.5, 0.6) is 5.75 Å². The summed E-state index contributed by atoms with van der Waals surface area (Å²) in [6, 6.07) is 41.3. The van der Waals surface area contributed by atoms with Crippen LogP contribution in [0.3, 0.4) is 0 Å². The van der Waals surface area contributed by atoms with Gasteiger partial charge in [-0.25, -0.2) is 0 Å². The zero-order valence-electron chi connectivity index (χ0n) is 28.2. The lowest BCUT2D eigenvalue weighted by Crippen LogP contribution is -2.37. The molecule has 0 aromatic heterocycles. The van der Waals surface area contributed by atoms with Gasteiger partial charge in [-0.15, -0.1) is 0 Å². The van der Waals surface area contributed by atoms with Crippen LogP contribution in [0.2, 0.25) is 0 Å². The van der Waals surface area contributed by atoms with Crippen LogP contribution >= 0.6 is 0 Å². The molecule has 2 atom stereocenters. The summed E-state index contributed by atoms with van der Waals surface area (Å²) < 4.78 is 56.3. The van der Waals surface area contributed by atoms with Crippen molar-refractivity contribution in [1.29, 1.82) is 0 Å². The van der Waals surface area contributed by atoms with E-state index in [1.54, 1.807) is 12.1 Å². The van der Waals surface area contributed by atoms with Gasteiger partial charge < -0.3 is 14.4 Å². The van der Waals surface area contributed by atoms with Gasteiger partial charge in [0.1, 0.15) is 5.75 Å². The first-order valence-electron chi connectivity index (χ1n) is 17.5. The lowest BCUT2D eigenvalue weighted by Gasteiger charge is -2.39. The molecular weight excluding hydrogens is 643 g/mol. The monoisotopic (exact) mass is 679 g/mol. The quantitative estimate of drug-likeness (QED) is 0.181. The molecule has 2 heterocycles. The highest BCUT2D eigenvalue weighted by Crippen LogP contribution is 2.59. The fourth-order valence-corrected chi connectivity index (χ4v) is 8.68. The summed E-state index contributed by atoms with van der Waals surface area (Å²) >= 11 is 0. The first-order chi connectivity index (χ1) is 24.8. The standard InChI is InChI=1S/C45H36F3NO2/c1-43(29-30-11-5-9-17-38(30)45(46,47)48)39-18-10-8-16-36(39)40-34-14-6-7-15-35(34)42-37(41(40)43)23-24-44(51-42,31-12-3-2-4-13-31)32-19-21-33(22-20-32)49-25-27-50-28-26-49/h2-24H,25-29H2,1H3. The Bertz CT molecular complexity index is 2310. The van der Waals surface area contributed by atoms with Gasteiger partial charge in [-0.3, -0.25) is 0 Å². The second kappa shape index (κ2) is 11.9. The van der Waals surface area contributed by atoms with Gasteiger partial charge in [-0.1, -0.05) is 122 Å². The van der Waals surface area contributed by atoms with Crippen molar-refractivity contribution in [3.63, 3.8) is 0 Å². The molecule has 1 saturated heterocycles. The molecule has 9 rings (SSSR count). The van der Waals surface area contributed by atoms with Gasteiger partial charge in [-0.05, 0) is 63.9 Å². The van der Waals surface area contributed by atoms with Gasteiger partial charge in [0.05, 0.1) is 18.8 Å². The van der Waals surface area contributed by atoms with Crippen LogP contribution in [0.15, 0.2) is 133 Å². The molecule has 0 radical (unpaired) electrons. The summed E-state index contributed by atoms with van der Waals surface area (Å²) in [5.74, 6) is 0.732. The van der Waals surface area contributed by atoms with E-state index in [0.717, 1.165) is 74.2 Å². The molecule has 2 unspecified atom stereocenters. The highest BCUT2D eigenvalue weighted by molar-refractivity contribution is 6.08. The Balaban J connectivity index is 1.27. The number of morpholine rings is 1. The number of ether oxygens (including phenoxy) is 2. The summed E-state index contributed by atoms with van der Waals surface area (Å²) in [5.41, 5.74) is 6.10. The number of nitrogens with zero attached hydrogens (tertiary/aromatic N) is 1. The van der Waals surface area contributed by atoms with Crippen LogP contribution in [0.4, 0.5) is 18.9 Å². The van der Waals surface area contributed by atoms with Crippen LogP contribution in [0.1, 0.15) is 45.9 Å². The van der Waals surface area contributed by atoms with E-state index in [2.05, 4.69) is 84.6 Å². The summed E-state index contributed by atoms with van der Waals surface area (Å²) in [7, 11) is 0. The Hall–Kier alpha value is -5.33. The third kappa shape index (κ3) is 4.99. The summed E-state index contributed by atoms with van der Waals surface area (Å²) in [4.78, 5) is 2.33. The smallest absolute Gasteiger partial charge is 0.416 e. The lowest BCUT2D eigenvalue weighted by molar-refractivity contribution is -0.138. The van der Waals surface area contributed by atoms with E-state index in [1.165, 1.54) is 12.1 Å². The minimum absolute atomic E-state index is 0.179. The van der Waals surface area contributed by atoms with Crippen LogP contribution in [0.25, 0.3) is 28.0 Å². The van der Waals surface area contributed by atoms with Crippen molar-refractivity contribution in [2.45, 2.75) is 30.5 Å². The number of hydrogen-bond donors (Lipinski definition) is 0. The highest BCUT2D eigenvalue weighted by atomic mass is 19.4. The molecule has 3 nitrogen and oxygen atoms in total. The van der Waals surface area contributed by atoms with E-state index in [4.69, 9.17) is 9.47 Å². The number of rotatable bonds is 5. The molecule has 0 spiro atoms. The Kier molecular flexibility index (Phi) is 7.37. The van der Waals surface area contributed by atoms with Gasteiger partial charge in [-0.2, -0.15) is 13.2 Å². The molecular formula is C45H36F3NO2. The van der Waals surface area contributed by atoms with E-state index in [9.17, 15) is 13.2 Å². The van der Waals surface area contributed by atoms with Crippen LogP contribution in [0, 0.1) is 0 Å². The average molecular weight is 680 g/mol. The average Bonchev–Trinajstić information content (AvgIpc) is 3.43. The second-order valence-corrected chi connectivity index (χ2v) is 13.9. The zero-order valence-corrected chi connectivity index (χ0v) is 28.2. The Morgan fingerprint density at radius 1 is 0.706 bits per heavy atom. The number of hydrogen-bond acceptors (Lipinski definition) is 3. The number of anilines is 1. The van der Waals surface area contributed by atoms with Crippen molar-refractivity contribution in [3.05, 3.63) is 172 Å². The third-order valence-corrected chi connectivity index (χ3v) is 11.0. The maximum atomic E-state index is 14.4. The molecule has 6 aromatic rings. The normalized spacial score (nSPS) is 20.8. The van der Waals surface area contributed by atoms with E-state index >= 15 is 0 Å². The van der Waals surface area contributed by atoms with Crippen molar-refractivity contribution in [2.24, 2.45) is 0 Å². The molecule has 2 aliphatic heterocycles. The third-order valence-electron chi connectivity index (χ3n) is 11.0. The lowest BCUT2D eigenvalue weighted by atomic mass is 9.71. The number of halogens is 3. The first kappa shape index (κ1) is 31.6. The van der Waals surface area contributed by atoms with Crippen molar-refractivity contribution in [2.75, 3.05) is 31.2 Å². The fraction of sp³-hybridized carbons (Fsp3) is 0.200. The van der Waals surface area contributed by atoms with Gasteiger partial charge in [0.25, 0.3) is 0 Å². The summed E-state index contributed by atoms with van der Waals surface area (Å²) in [5, 5.41) is 1.99. The maximum Gasteiger partial charge on any atom is 0.416 e. The molecule has 6 aromatic carbocycles. The fourth-order valence-electron chi connectivity index (χ4n) is 8.68. The highest BCUT2D eigenvalue weighted by Gasteiger charge is 2.47. The number of alkyl halides is 3. The molecule has 0 bridgehead atoms. The minimum Gasteiger partial charge on any atom is -0.472 e. The topological polar surface area (TPSA) is 21.7 Å². The van der Waals surface area contributed by atoms with E-state index in [0.29, 0.717) is 13.2 Å². The zero-order chi connectivity index (χ0) is 34.8. The molecule has 0 amide bonds. The van der Waals surface area contributed by atoms with E-state index < -0.39 is 22.8 Å². The Morgan fingerprint density at radius 2 is 1.35 bits per heavy atom. The van der Waals surface area contributed by atoms with Crippen molar-refractivity contribution in [1.82, 2.24) is 0 Å². The van der Waals surface area contributed by atoms with E-state index in [1.807, 2.05) is 42.5 Å². The number of fused-ring (bicyclic) bond motifs is 8. The molecule has 6 heteroatoms. The van der Waals surface area contributed by atoms with Crippen LogP contribution in [-0.2, 0) is 28.4 Å². The minimum atomic E-state index is -4.47. The SMILES string of the molecule is CC1(Cc2ccccc2C(F)(F)F)c2ccccc2-c2c1c1c(c3ccccc23)OC(c2ccccc2)(c2ccc(N3CCOCC3)cc2)C=C1. The largest absolute Gasteiger partial charge is 0.472 e. The number of benzene rings is 6. The predicted octanol–water partition coefficient (Wildman–Crippen LogP) is 10.6. The van der Waals surface area contributed by atoms with Crippen LogP contribution in [-0.4, -0.2) is 26.3 Å². The Morgan fingerprint density at radius 3 is 2.12 bits per heavy atom. The Labute approximate surface area is 295 Å². The molecule has 254 valence electrons. The molecule has 0 saturated carbocycles. The second-order valence-electron chi connectivity index (χ2n) is 13.9. The van der Waals surface area contributed by atoms with Crippen molar-refractivity contribution >= 4 is 22.5 Å². The van der Waals surface area contributed by atoms with Gasteiger partial charge in [0, 0.05) is 46.3 Å². The molecule has 3 aliphatic rings. The van der Waals surface area contributed by atoms with Gasteiger partial charge in [0.2, 0.25) is 0 Å². The maximum absolute atomic E-state index is 14.4. The van der Waals surface area contributed by atoms with Crippen LogP contribution < -0.4 is 9.64 Å². The predicted molar refractivity (Wildman–Crippen MR) is 197 cm³/mol. The van der Waals surface area contributed by atoms with Gasteiger partial charge >= 0.3 is 6.18 Å².